The second-order valence-corrected chi connectivity index (χ2v) is 8.52. The fourth-order valence-electron chi connectivity index (χ4n) is 3.87. The van der Waals surface area contributed by atoms with Gasteiger partial charge in [-0.2, -0.15) is 0 Å². The Morgan fingerprint density at radius 3 is 2.74 bits per heavy atom. The molecular formula is C20H29N3O2S2. The molecule has 0 spiro atoms. The fraction of sp³-hybridized carbons (Fsp3) is 0.600. The first kappa shape index (κ1) is 20.3. The summed E-state index contributed by atoms with van der Waals surface area (Å²) < 4.78 is 5.37. The van der Waals surface area contributed by atoms with E-state index < -0.39 is 0 Å². The number of carbonyl (C=O) groups excluding carboxylic acids is 1. The Morgan fingerprint density at radius 2 is 2.07 bits per heavy atom. The Balaban J connectivity index is 1.58. The third kappa shape index (κ3) is 4.51. The predicted octanol–water partition coefficient (Wildman–Crippen LogP) is 4.44. The van der Waals surface area contributed by atoms with Gasteiger partial charge in [0, 0.05) is 24.0 Å². The number of nitrogens with zero attached hydrogens (tertiary/aromatic N) is 2. The lowest BCUT2D eigenvalue weighted by Crippen LogP contribution is -2.51. The van der Waals surface area contributed by atoms with Crippen molar-refractivity contribution in [3.63, 3.8) is 0 Å². The Labute approximate surface area is 171 Å². The summed E-state index contributed by atoms with van der Waals surface area (Å²) in [7, 11) is 0. The van der Waals surface area contributed by atoms with Gasteiger partial charge in [-0.1, -0.05) is 32.4 Å². The first-order valence-corrected chi connectivity index (χ1v) is 11.3. The molecule has 2 aliphatic rings. The van der Waals surface area contributed by atoms with Gasteiger partial charge in [-0.3, -0.25) is 4.90 Å². The molecule has 0 saturated carbocycles. The summed E-state index contributed by atoms with van der Waals surface area (Å²) in [5.74, 6) is 0.459. The SMILES string of the molecule is CCC(C)C1COC(=O)N1C1CCN(C(=S)Nc2ccccc2SC)CC1. The van der Waals surface area contributed by atoms with E-state index in [0.717, 1.165) is 43.2 Å². The highest BCUT2D eigenvalue weighted by atomic mass is 32.2. The van der Waals surface area contributed by atoms with Crippen LogP contribution in [0.3, 0.4) is 0 Å². The first-order chi connectivity index (χ1) is 13.0. The van der Waals surface area contributed by atoms with Crippen molar-refractivity contribution in [3.8, 4) is 0 Å². The third-order valence-electron chi connectivity index (χ3n) is 5.74. The van der Waals surface area contributed by atoms with Crippen LogP contribution in [0.2, 0.25) is 0 Å². The van der Waals surface area contributed by atoms with Gasteiger partial charge in [-0.05, 0) is 49.4 Å². The molecular weight excluding hydrogens is 378 g/mol. The van der Waals surface area contributed by atoms with Crippen LogP contribution in [0, 0.1) is 5.92 Å². The number of cyclic esters (lactones) is 1. The van der Waals surface area contributed by atoms with E-state index in [-0.39, 0.29) is 18.2 Å². The van der Waals surface area contributed by atoms with Crippen molar-refractivity contribution in [1.82, 2.24) is 9.80 Å². The smallest absolute Gasteiger partial charge is 0.410 e. The molecule has 27 heavy (non-hydrogen) atoms. The number of rotatable bonds is 5. The van der Waals surface area contributed by atoms with Gasteiger partial charge < -0.3 is 15.0 Å². The van der Waals surface area contributed by atoms with Crippen molar-refractivity contribution in [2.24, 2.45) is 5.92 Å². The Hall–Kier alpha value is -1.47. The standard InChI is InChI=1S/C20H29N3O2S2/c1-4-14(2)17-13-25-20(24)23(17)15-9-11-22(12-10-15)19(26)21-16-7-5-6-8-18(16)27-3/h5-8,14-15,17H,4,9-13H2,1-3H3,(H,21,26). The lowest BCUT2D eigenvalue weighted by atomic mass is 9.95. The minimum atomic E-state index is -0.145. The van der Waals surface area contributed by atoms with E-state index >= 15 is 0 Å². The monoisotopic (exact) mass is 407 g/mol. The second kappa shape index (κ2) is 9.15. The van der Waals surface area contributed by atoms with Crippen LogP contribution in [-0.4, -0.2) is 59.0 Å². The molecule has 1 aromatic carbocycles. The van der Waals surface area contributed by atoms with E-state index in [0.29, 0.717) is 12.5 Å². The number of piperidine rings is 1. The maximum Gasteiger partial charge on any atom is 0.410 e. The van der Waals surface area contributed by atoms with Gasteiger partial charge in [0.2, 0.25) is 0 Å². The number of hydrogen-bond donors (Lipinski definition) is 1. The Bertz CT molecular complexity index is 677. The highest BCUT2D eigenvalue weighted by molar-refractivity contribution is 7.98. The summed E-state index contributed by atoms with van der Waals surface area (Å²) in [4.78, 5) is 17.7. The fourth-order valence-corrected chi connectivity index (χ4v) is 4.71. The van der Waals surface area contributed by atoms with Gasteiger partial charge in [0.1, 0.15) is 6.61 Å². The van der Waals surface area contributed by atoms with Crippen molar-refractivity contribution in [2.75, 3.05) is 31.3 Å². The first-order valence-electron chi connectivity index (χ1n) is 9.69. The van der Waals surface area contributed by atoms with Gasteiger partial charge in [-0.25, -0.2) is 4.79 Å². The minimum Gasteiger partial charge on any atom is -0.447 e. The van der Waals surface area contributed by atoms with Crippen LogP contribution < -0.4 is 5.32 Å². The molecule has 1 aromatic rings. The molecule has 2 heterocycles. The highest BCUT2D eigenvalue weighted by Crippen LogP contribution is 2.29. The van der Waals surface area contributed by atoms with Crippen LogP contribution in [-0.2, 0) is 4.74 Å². The molecule has 3 rings (SSSR count). The van der Waals surface area contributed by atoms with Crippen molar-refractivity contribution in [2.45, 2.75) is 50.1 Å². The number of thioether (sulfide) groups is 1. The molecule has 0 aromatic heterocycles. The van der Waals surface area contributed by atoms with E-state index in [1.54, 1.807) is 11.8 Å². The predicted molar refractivity (Wildman–Crippen MR) is 115 cm³/mol. The maximum atomic E-state index is 12.3. The number of amides is 1. The molecule has 0 radical (unpaired) electrons. The van der Waals surface area contributed by atoms with Crippen LogP contribution in [0.15, 0.2) is 29.2 Å². The molecule has 1 N–H and O–H groups in total. The number of para-hydroxylation sites is 1. The highest BCUT2D eigenvalue weighted by Gasteiger charge is 2.41. The summed E-state index contributed by atoms with van der Waals surface area (Å²) in [6.45, 7) is 6.62. The number of ether oxygens (including phenoxy) is 1. The molecule has 1 amide bonds. The average Bonchev–Trinajstić information content (AvgIpc) is 3.09. The van der Waals surface area contributed by atoms with E-state index in [1.165, 1.54) is 4.90 Å². The number of benzene rings is 1. The normalized spacial score (nSPS) is 21.9. The third-order valence-corrected chi connectivity index (χ3v) is 6.90. The molecule has 0 aliphatic carbocycles. The number of carbonyl (C=O) groups is 1. The summed E-state index contributed by atoms with van der Waals surface area (Å²) in [5.41, 5.74) is 1.05. The van der Waals surface area contributed by atoms with Gasteiger partial charge >= 0.3 is 6.09 Å². The molecule has 0 bridgehead atoms. The largest absolute Gasteiger partial charge is 0.447 e. The second-order valence-electron chi connectivity index (χ2n) is 7.29. The van der Waals surface area contributed by atoms with E-state index in [9.17, 15) is 4.79 Å². The van der Waals surface area contributed by atoms with E-state index in [2.05, 4.69) is 42.5 Å². The number of likely N-dealkylation sites (tertiary alicyclic amines) is 1. The summed E-state index contributed by atoms with van der Waals surface area (Å²) >= 11 is 7.35. The zero-order valence-corrected chi connectivity index (χ0v) is 17.9. The minimum absolute atomic E-state index is 0.145. The number of thiocarbonyl (C=S) groups is 1. The van der Waals surface area contributed by atoms with E-state index in [4.69, 9.17) is 17.0 Å². The van der Waals surface area contributed by atoms with Crippen molar-refractivity contribution < 1.29 is 9.53 Å². The summed E-state index contributed by atoms with van der Waals surface area (Å²) in [6, 6.07) is 8.66. The molecule has 5 nitrogen and oxygen atoms in total. The lowest BCUT2D eigenvalue weighted by Gasteiger charge is -2.40. The van der Waals surface area contributed by atoms with Gasteiger partial charge in [0.25, 0.3) is 0 Å². The van der Waals surface area contributed by atoms with Crippen molar-refractivity contribution in [1.29, 1.82) is 0 Å². The van der Waals surface area contributed by atoms with Crippen LogP contribution in [0.4, 0.5) is 10.5 Å². The van der Waals surface area contributed by atoms with Crippen molar-refractivity contribution >= 4 is 40.9 Å². The zero-order chi connectivity index (χ0) is 19.4. The van der Waals surface area contributed by atoms with Crippen LogP contribution in [0.1, 0.15) is 33.1 Å². The molecule has 2 fully saturated rings. The molecule has 2 saturated heterocycles. The van der Waals surface area contributed by atoms with Crippen LogP contribution in [0.5, 0.6) is 0 Å². The number of hydrogen-bond acceptors (Lipinski definition) is 4. The summed E-state index contributed by atoms with van der Waals surface area (Å²) in [6.07, 6.45) is 4.83. The molecule has 2 unspecified atom stereocenters. The number of anilines is 1. The van der Waals surface area contributed by atoms with Gasteiger partial charge in [0.15, 0.2) is 5.11 Å². The van der Waals surface area contributed by atoms with Crippen LogP contribution >= 0.6 is 24.0 Å². The van der Waals surface area contributed by atoms with Crippen molar-refractivity contribution in [3.05, 3.63) is 24.3 Å². The zero-order valence-electron chi connectivity index (χ0n) is 16.3. The lowest BCUT2D eigenvalue weighted by molar-refractivity contribution is 0.112. The topological polar surface area (TPSA) is 44.8 Å². The van der Waals surface area contributed by atoms with Gasteiger partial charge in [0.05, 0.1) is 11.7 Å². The Morgan fingerprint density at radius 1 is 1.37 bits per heavy atom. The molecule has 2 atom stereocenters. The summed E-state index contributed by atoms with van der Waals surface area (Å²) in [5, 5.41) is 4.15. The average molecular weight is 408 g/mol. The maximum absolute atomic E-state index is 12.3. The Kier molecular flexibility index (Phi) is 6.87. The molecule has 7 heteroatoms. The molecule has 148 valence electrons. The molecule has 2 aliphatic heterocycles. The number of nitrogens with one attached hydrogen (secondary N) is 1. The van der Waals surface area contributed by atoms with Gasteiger partial charge in [-0.15, -0.1) is 11.8 Å². The van der Waals surface area contributed by atoms with Crippen LogP contribution in [0.25, 0.3) is 0 Å². The van der Waals surface area contributed by atoms with E-state index in [1.807, 2.05) is 17.0 Å². The quantitative estimate of drug-likeness (QED) is 0.575.